The van der Waals surface area contributed by atoms with Crippen molar-refractivity contribution < 1.29 is 18.3 Å². The maximum Gasteiger partial charge on any atom is 0.277 e. The molecule has 0 aliphatic carbocycles. The molecule has 1 aromatic carbocycles. The van der Waals surface area contributed by atoms with Crippen molar-refractivity contribution in [2.24, 2.45) is 5.41 Å². The van der Waals surface area contributed by atoms with Crippen LogP contribution < -0.4 is 15.0 Å². The third-order valence-corrected chi connectivity index (χ3v) is 6.60. The number of aliphatic hydroxyl groups is 1. The first kappa shape index (κ1) is 24.9. The lowest BCUT2D eigenvalue weighted by Gasteiger charge is -2.22. The summed E-state index contributed by atoms with van der Waals surface area (Å²) in [4.78, 5) is 20.1. The van der Waals surface area contributed by atoms with Crippen LogP contribution in [0.5, 0.6) is 5.75 Å². The summed E-state index contributed by atoms with van der Waals surface area (Å²) < 4.78 is 35.6. The van der Waals surface area contributed by atoms with Gasteiger partial charge in [0.25, 0.3) is 5.56 Å². The fourth-order valence-electron chi connectivity index (χ4n) is 3.32. The second-order valence-electron chi connectivity index (χ2n) is 8.66. The van der Waals surface area contributed by atoms with Crippen LogP contribution in [0.15, 0.2) is 27.9 Å². The van der Waals surface area contributed by atoms with E-state index in [1.807, 2.05) is 13.8 Å². The molecule has 0 aliphatic heterocycles. The minimum atomic E-state index is -3.89. The van der Waals surface area contributed by atoms with Gasteiger partial charge in [-0.05, 0) is 38.5 Å². The molecule has 11 heteroatoms. The summed E-state index contributed by atoms with van der Waals surface area (Å²) in [5.74, 6) is 1.23. The molecule has 0 fully saturated rings. The molecule has 0 aliphatic rings. The number of hydrogen-bond donors (Lipinski definition) is 3. The standard InChI is InChI=1S/C22H31N5O5S/c1-6-8-18-24-14(3)19-21(29)25-20(26-27(18)19)16-11-15(9-10-17(16)32-7-2)33(30,31)23-12-22(4,5)13-28/h9-11,23,28H,6-8,12-13H2,1-5H3,(H,25,26,29). The van der Waals surface area contributed by atoms with Gasteiger partial charge < -0.3 is 14.8 Å². The molecule has 2 heterocycles. The van der Waals surface area contributed by atoms with Crippen LogP contribution in [0.4, 0.5) is 0 Å². The molecule has 0 spiro atoms. The highest BCUT2D eigenvalue weighted by Crippen LogP contribution is 2.30. The van der Waals surface area contributed by atoms with Crippen LogP contribution in [0.3, 0.4) is 0 Å². The summed E-state index contributed by atoms with van der Waals surface area (Å²) in [6.45, 7) is 9.32. The summed E-state index contributed by atoms with van der Waals surface area (Å²) in [6.07, 6.45) is 1.47. The third-order valence-electron chi connectivity index (χ3n) is 5.20. The van der Waals surface area contributed by atoms with E-state index in [2.05, 4.69) is 19.8 Å². The van der Waals surface area contributed by atoms with E-state index in [0.717, 1.165) is 6.42 Å². The maximum atomic E-state index is 12.9. The van der Waals surface area contributed by atoms with Gasteiger partial charge in [0.1, 0.15) is 11.6 Å². The summed E-state index contributed by atoms with van der Waals surface area (Å²) in [7, 11) is -3.89. The van der Waals surface area contributed by atoms with Crippen molar-refractivity contribution in [2.75, 3.05) is 19.8 Å². The van der Waals surface area contributed by atoms with E-state index in [1.54, 1.807) is 26.8 Å². The minimum Gasteiger partial charge on any atom is -0.493 e. The van der Waals surface area contributed by atoms with Gasteiger partial charge in [-0.2, -0.15) is 0 Å². The fraction of sp³-hybridized carbons (Fsp3) is 0.500. The number of aryl methyl sites for hydroxylation is 2. The van der Waals surface area contributed by atoms with Crippen molar-refractivity contribution in [3.05, 3.63) is 40.1 Å². The SMILES string of the molecule is CCCc1nc(C)c2c(=O)[nH]c(-c3cc(S(=O)(=O)NCC(C)(C)CO)ccc3OCC)nn12. The molecule has 0 amide bonds. The highest BCUT2D eigenvalue weighted by Gasteiger charge is 2.24. The van der Waals surface area contributed by atoms with Crippen LogP contribution in [0, 0.1) is 12.3 Å². The molecule has 10 nitrogen and oxygen atoms in total. The molecule has 180 valence electrons. The van der Waals surface area contributed by atoms with Gasteiger partial charge >= 0.3 is 0 Å². The number of imidazole rings is 1. The zero-order valence-corrected chi connectivity index (χ0v) is 20.4. The molecule has 0 unspecified atom stereocenters. The van der Waals surface area contributed by atoms with Crippen LogP contribution in [0.2, 0.25) is 0 Å². The number of ether oxygens (including phenoxy) is 1. The van der Waals surface area contributed by atoms with E-state index < -0.39 is 15.4 Å². The number of hydrogen-bond acceptors (Lipinski definition) is 7. The molecule has 0 saturated heterocycles. The van der Waals surface area contributed by atoms with Crippen molar-refractivity contribution in [3.63, 3.8) is 0 Å². The number of sulfonamides is 1. The molecule has 0 bridgehead atoms. The lowest BCUT2D eigenvalue weighted by Crippen LogP contribution is -2.36. The van der Waals surface area contributed by atoms with Crippen molar-refractivity contribution >= 4 is 15.5 Å². The summed E-state index contributed by atoms with van der Waals surface area (Å²) >= 11 is 0. The monoisotopic (exact) mass is 477 g/mol. The second kappa shape index (κ2) is 9.62. The van der Waals surface area contributed by atoms with Crippen molar-refractivity contribution in [2.45, 2.75) is 52.4 Å². The van der Waals surface area contributed by atoms with E-state index >= 15 is 0 Å². The summed E-state index contributed by atoms with van der Waals surface area (Å²) in [6, 6.07) is 4.40. The molecule has 0 radical (unpaired) electrons. The van der Waals surface area contributed by atoms with Crippen molar-refractivity contribution in [1.29, 1.82) is 0 Å². The number of rotatable bonds is 10. The fourth-order valence-corrected chi connectivity index (χ4v) is 4.58. The Morgan fingerprint density at radius 3 is 2.64 bits per heavy atom. The first-order valence-corrected chi connectivity index (χ1v) is 12.4. The molecule has 0 saturated carbocycles. The predicted octanol–water partition coefficient (Wildman–Crippen LogP) is 2.04. The zero-order chi connectivity index (χ0) is 24.4. The Balaban J connectivity index is 2.15. The molecule has 0 atom stereocenters. The minimum absolute atomic E-state index is 0.00645. The maximum absolute atomic E-state index is 12.9. The quantitative estimate of drug-likeness (QED) is 0.406. The number of benzene rings is 1. The van der Waals surface area contributed by atoms with Gasteiger partial charge in [-0.3, -0.25) is 4.79 Å². The molecular weight excluding hydrogens is 446 g/mol. The molecule has 3 N–H and O–H groups in total. The van der Waals surface area contributed by atoms with Gasteiger partial charge in [-0.25, -0.2) is 22.6 Å². The van der Waals surface area contributed by atoms with Crippen molar-refractivity contribution in [1.82, 2.24) is 24.3 Å². The predicted molar refractivity (Wildman–Crippen MR) is 125 cm³/mol. The lowest BCUT2D eigenvalue weighted by molar-refractivity contribution is 0.163. The van der Waals surface area contributed by atoms with Gasteiger partial charge in [0.2, 0.25) is 10.0 Å². The van der Waals surface area contributed by atoms with E-state index in [0.29, 0.717) is 41.4 Å². The third kappa shape index (κ3) is 5.26. The largest absolute Gasteiger partial charge is 0.493 e. The van der Waals surface area contributed by atoms with Crippen LogP contribution in [-0.4, -0.2) is 52.9 Å². The first-order chi connectivity index (χ1) is 15.5. The Kier molecular flexibility index (Phi) is 7.25. The molecule has 3 aromatic rings. The average molecular weight is 478 g/mol. The van der Waals surface area contributed by atoms with Gasteiger partial charge in [0, 0.05) is 25.0 Å². The van der Waals surface area contributed by atoms with E-state index in [1.165, 1.54) is 16.6 Å². The van der Waals surface area contributed by atoms with Crippen LogP contribution in [0.1, 0.15) is 45.6 Å². The Morgan fingerprint density at radius 2 is 2.00 bits per heavy atom. The second-order valence-corrected chi connectivity index (χ2v) is 10.4. The van der Waals surface area contributed by atoms with Crippen molar-refractivity contribution in [3.8, 4) is 17.1 Å². The van der Waals surface area contributed by atoms with E-state index in [4.69, 9.17) is 4.74 Å². The zero-order valence-electron chi connectivity index (χ0n) is 19.6. The number of H-pyrrole nitrogens is 1. The number of aliphatic hydroxyl groups excluding tert-OH is 1. The Labute approximate surface area is 193 Å². The van der Waals surface area contributed by atoms with Gasteiger partial charge in [-0.1, -0.05) is 20.8 Å². The normalized spacial score (nSPS) is 12.4. The van der Waals surface area contributed by atoms with Crippen LogP contribution >= 0.6 is 0 Å². The summed E-state index contributed by atoms with van der Waals surface area (Å²) in [5, 5.41) is 14.0. The summed E-state index contributed by atoms with van der Waals surface area (Å²) in [5.41, 5.74) is 0.293. The highest BCUT2D eigenvalue weighted by atomic mass is 32.2. The number of nitrogens with zero attached hydrogens (tertiary/aromatic N) is 3. The Bertz CT molecular complexity index is 1310. The average Bonchev–Trinajstić information content (AvgIpc) is 3.09. The molecule has 33 heavy (non-hydrogen) atoms. The first-order valence-electron chi connectivity index (χ1n) is 10.9. The molecule has 3 rings (SSSR count). The number of aromatic nitrogens is 4. The topological polar surface area (TPSA) is 139 Å². The smallest absolute Gasteiger partial charge is 0.277 e. The van der Waals surface area contributed by atoms with E-state index in [9.17, 15) is 18.3 Å². The van der Waals surface area contributed by atoms with Gasteiger partial charge in [-0.15, -0.1) is 5.10 Å². The molecular formula is C22H31N5O5S. The van der Waals surface area contributed by atoms with Gasteiger partial charge in [0.15, 0.2) is 11.3 Å². The lowest BCUT2D eigenvalue weighted by atomic mass is 9.96. The van der Waals surface area contributed by atoms with E-state index in [-0.39, 0.29) is 29.4 Å². The Morgan fingerprint density at radius 1 is 1.27 bits per heavy atom. The van der Waals surface area contributed by atoms with Gasteiger partial charge in [0.05, 0.1) is 22.8 Å². The highest BCUT2D eigenvalue weighted by molar-refractivity contribution is 7.89. The van der Waals surface area contributed by atoms with Crippen LogP contribution in [-0.2, 0) is 16.4 Å². The Hall–Kier alpha value is -2.76. The van der Waals surface area contributed by atoms with Crippen LogP contribution in [0.25, 0.3) is 16.9 Å². The number of aromatic amines is 1. The number of fused-ring (bicyclic) bond motifs is 1. The number of nitrogens with one attached hydrogen (secondary N) is 2. The molecule has 2 aromatic heterocycles.